The molecule has 3 aromatic carbocycles. The number of hydrogen-bond acceptors (Lipinski definition) is 6. The van der Waals surface area contributed by atoms with Gasteiger partial charge in [-0.3, -0.25) is 14.2 Å². The maximum atomic E-state index is 13.1. The van der Waals surface area contributed by atoms with Gasteiger partial charge in [0.1, 0.15) is 0 Å². The van der Waals surface area contributed by atoms with Crippen molar-refractivity contribution in [2.24, 2.45) is 0 Å². The van der Waals surface area contributed by atoms with E-state index >= 15 is 0 Å². The molecule has 0 spiro atoms. The van der Waals surface area contributed by atoms with Crippen molar-refractivity contribution in [2.45, 2.75) is 23.6 Å². The van der Waals surface area contributed by atoms with Crippen molar-refractivity contribution in [2.75, 3.05) is 14.8 Å². The molecule has 186 valence electrons. The van der Waals surface area contributed by atoms with E-state index in [0.717, 1.165) is 11.1 Å². The molecular formula is C25H23N3O5S3. The van der Waals surface area contributed by atoms with Gasteiger partial charge in [0.2, 0.25) is 0 Å². The molecule has 1 heterocycles. The fourth-order valence-electron chi connectivity index (χ4n) is 3.24. The van der Waals surface area contributed by atoms with Gasteiger partial charge in [0.05, 0.1) is 26.0 Å². The number of carbonyl (C=O) groups excluding carboxylic acids is 1. The van der Waals surface area contributed by atoms with Gasteiger partial charge in [-0.15, -0.1) is 11.3 Å². The smallest absolute Gasteiger partial charge is 0.265 e. The van der Waals surface area contributed by atoms with Gasteiger partial charge >= 0.3 is 0 Å². The number of sulfonamides is 2. The van der Waals surface area contributed by atoms with Crippen molar-refractivity contribution in [3.8, 4) is 0 Å². The number of aryl methyl sites for hydroxylation is 2. The SMILES string of the molecule is Cc1ccc(S(=O)(=O)Nc2ccc(NC(=O)c3cccs3)cc2NS(=O)(=O)c2ccc(C)cc2)cc1. The summed E-state index contributed by atoms with van der Waals surface area (Å²) >= 11 is 1.26. The first kappa shape index (κ1) is 25.4. The van der Waals surface area contributed by atoms with Crippen LogP contribution < -0.4 is 14.8 Å². The lowest BCUT2D eigenvalue weighted by molar-refractivity contribution is 0.103. The van der Waals surface area contributed by atoms with Crippen LogP contribution >= 0.6 is 11.3 Å². The highest BCUT2D eigenvalue weighted by Crippen LogP contribution is 2.31. The number of amides is 1. The quantitative estimate of drug-likeness (QED) is 0.282. The Morgan fingerprint density at radius 1 is 0.694 bits per heavy atom. The van der Waals surface area contributed by atoms with Gasteiger partial charge in [0, 0.05) is 5.69 Å². The van der Waals surface area contributed by atoms with Crippen molar-refractivity contribution < 1.29 is 21.6 Å². The summed E-state index contributed by atoms with van der Waals surface area (Å²) in [5, 5.41) is 4.47. The molecule has 3 N–H and O–H groups in total. The first-order chi connectivity index (χ1) is 17.0. The Balaban J connectivity index is 1.71. The summed E-state index contributed by atoms with van der Waals surface area (Å²) in [7, 11) is -8.08. The van der Waals surface area contributed by atoms with Crippen LogP contribution in [0.3, 0.4) is 0 Å². The standard InChI is InChI=1S/C25H23N3O5S3/c1-17-5-10-20(11-6-17)35(30,31)27-22-14-9-19(26-25(29)24-4-3-15-34-24)16-23(22)28-36(32,33)21-12-7-18(2)8-13-21/h3-16,27-28H,1-2H3,(H,26,29). The molecule has 0 saturated heterocycles. The number of rotatable bonds is 8. The van der Waals surface area contributed by atoms with Crippen LogP contribution in [0, 0.1) is 13.8 Å². The van der Waals surface area contributed by atoms with Gasteiger partial charge in [0.15, 0.2) is 0 Å². The zero-order valence-electron chi connectivity index (χ0n) is 19.3. The Bertz CT molecular complexity index is 1600. The van der Waals surface area contributed by atoms with Gasteiger partial charge in [-0.25, -0.2) is 16.8 Å². The van der Waals surface area contributed by atoms with Crippen molar-refractivity contribution in [3.05, 3.63) is 100 Å². The molecule has 0 aliphatic heterocycles. The van der Waals surface area contributed by atoms with Gasteiger partial charge in [-0.05, 0) is 67.8 Å². The van der Waals surface area contributed by atoms with Crippen LogP contribution in [0.2, 0.25) is 0 Å². The van der Waals surface area contributed by atoms with Gasteiger partial charge in [0.25, 0.3) is 26.0 Å². The maximum Gasteiger partial charge on any atom is 0.265 e. The van der Waals surface area contributed by atoms with E-state index in [2.05, 4.69) is 14.8 Å². The lowest BCUT2D eigenvalue weighted by Gasteiger charge is -2.16. The summed E-state index contributed by atoms with van der Waals surface area (Å²) in [5.74, 6) is -0.370. The van der Waals surface area contributed by atoms with Crippen molar-refractivity contribution >= 4 is 54.4 Å². The molecule has 4 aromatic rings. The van der Waals surface area contributed by atoms with Gasteiger partial charge in [-0.1, -0.05) is 41.5 Å². The number of hydrogen-bond donors (Lipinski definition) is 3. The maximum absolute atomic E-state index is 13.1. The number of nitrogens with one attached hydrogen (secondary N) is 3. The minimum absolute atomic E-state index is 0.000356. The molecular weight excluding hydrogens is 518 g/mol. The van der Waals surface area contributed by atoms with Crippen LogP contribution in [0.1, 0.15) is 20.8 Å². The molecule has 8 nitrogen and oxygen atoms in total. The van der Waals surface area contributed by atoms with E-state index in [4.69, 9.17) is 0 Å². The summed E-state index contributed by atoms with van der Waals surface area (Å²) in [6.45, 7) is 3.67. The lowest BCUT2D eigenvalue weighted by Crippen LogP contribution is -2.18. The molecule has 0 aliphatic carbocycles. The summed E-state index contributed by atoms with van der Waals surface area (Å²) in [4.78, 5) is 13.0. The van der Waals surface area contributed by atoms with Crippen LogP contribution in [-0.2, 0) is 20.0 Å². The van der Waals surface area contributed by atoms with Crippen LogP contribution in [-0.4, -0.2) is 22.7 Å². The summed E-state index contributed by atoms with van der Waals surface area (Å²) in [6.07, 6.45) is 0. The molecule has 11 heteroatoms. The molecule has 0 atom stereocenters. The van der Waals surface area contributed by atoms with E-state index < -0.39 is 20.0 Å². The Morgan fingerprint density at radius 3 is 1.72 bits per heavy atom. The van der Waals surface area contributed by atoms with Gasteiger partial charge < -0.3 is 5.32 Å². The van der Waals surface area contributed by atoms with Crippen LogP contribution in [0.25, 0.3) is 0 Å². The minimum atomic E-state index is -4.06. The van der Waals surface area contributed by atoms with Crippen LogP contribution in [0.4, 0.5) is 17.1 Å². The van der Waals surface area contributed by atoms with Crippen LogP contribution in [0.15, 0.2) is 94.0 Å². The van der Waals surface area contributed by atoms with Crippen LogP contribution in [0.5, 0.6) is 0 Å². The summed E-state index contributed by atoms with van der Waals surface area (Å²) in [5.41, 5.74) is 2.02. The third-order valence-corrected chi connectivity index (χ3v) is 8.81. The molecule has 36 heavy (non-hydrogen) atoms. The Labute approximate surface area is 214 Å². The van der Waals surface area contributed by atoms with E-state index in [9.17, 15) is 21.6 Å². The molecule has 0 bridgehead atoms. The number of benzene rings is 3. The highest BCUT2D eigenvalue weighted by molar-refractivity contribution is 7.93. The van der Waals surface area contributed by atoms with E-state index in [1.165, 1.54) is 53.8 Å². The number of thiophene rings is 1. The van der Waals surface area contributed by atoms with E-state index in [-0.39, 0.29) is 32.8 Å². The fraction of sp³-hybridized carbons (Fsp3) is 0.0800. The Hall–Kier alpha value is -3.67. The average molecular weight is 542 g/mol. The van der Waals surface area contributed by atoms with Gasteiger partial charge in [-0.2, -0.15) is 0 Å². The third-order valence-electron chi connectivity index (χ3n) is 5.17. The molecule has 0 saturated carbocycles. The summed E-state index contributed by atoms with van der Waals surface area (Å²) < 4.78 is 57.1. The molecule has 0 aliphatic rings. The average Bonchev–Trinajstić information content (AvgIpc) is 3.36. The molecule has 0 radical (unpaired) electrons. The second-order valence-electron chi connectivity index (χ2n) is 8.03. The molecule has 1 amide bonds. The van der Waals surface area contributed by atoms with E-state index in [1.807, 2.05) is 13.8 Å². The Kier molecular flexibility index (Phi) is 7.16. The van der Waals surface area contributed by atoms with Crippen molar-refractivity contribution in [1.82, 2.24) is 0 Å². The van der Waals surface area contributed by atoms with Crippen molar-refractivity contribution in [1.29, 1.82) is 0 Å². The predicted molar refractivity (Wildman–Crippen MR) is 143 cm³/mol. The molecule has 0 fully saturated rings. The molecule has 1 aromatic heterocycles. The molecule has 4 rings (SSSR count). The normalized spacial score (nSPS) is 11.6. The van der Waals surface area contributed by atoms with Crippen molar-refractivity contribution in [3.63, 3.8) is 0 Å². The second-order valence-corrected chi connectivity index (χ2v) is 12.3. The lowest BCUT2D eigenvalue weighted by atomic mass is 10.2. The van der Waals surface area contributed by atoms with E-state index in [1.54, 1.807) is 41.8 Å². The monoisotopic (exact) mass is 541 g/mol. The predicted octanol–water partition coefficient (Wildman–Crippen LogP) is 5.22. The number of carbonyl (C=O) groups is 1. The highest BCUT2D eigenvalue weighted by Gasteiger charge is 2.21. The summed E-state index contributed by atoms with van der Waals surface area (Å²) in [6, 6.07) is 20.1. The minimum Gasteiger partial charge on any atom is -0.321 e. The zero-order valence-corrected chi connectivity index (χ0v) is 21.8. The third kappa shape index (κ3) is 5.93. The Morgan fingerprint density at radius 2 is 1.22 bits per heavy atom. The topological polar surface area (TPSA) is 121 Å². The highest BCUT2D eigenvalue weighted by atomic mass is 32.2. The number of anilines is 3. The largest absolute Gasteiger partial charge is 0.321 e. The fourth-order valence-corrected chi connectivity index (χ4v) is 6.01. The molecule has 0 unspecified atom stereocenters. The first-order valence-electron chi connectivity index (χ1n) is 10.7. The first-order valence-corrected chi connectivity index (χ1v) is 14.6. The second kappa shape index (κ2) is 10.1. The van der Waals surface area contributed by atoms with E-state index in [0.29, 0.717) is 4.88 Å². The zero-order chi connectivity index (χ0) is 25.9.